The Morgan fingerprint density at radius 3 is 2.76 bits per heavy atom. The minimum Gasteiger partial charge on any atom is -0.493 e. The molecule has 0 spiro atoms. The van der Waals surface area contributed by atoms with Gasteiger partial charge in [-0.3, -0.25) is 0 Å². The molecular weight excluding hydrogens is 404 g/mol. The number of aromatic nitrogens is 1. The zero-order valence-electron chi connectivity index (χ0n) is 16.3. The summed E-state index contributed by atoms with van der Waals surface area (Å²) in [4.78, 5) is 4.53. The molecule has 4 nitrogen and oxygen atoms in total. The van der Waals surface area contributed by atoms with E-state index in [4.69, 9.17) is 9.47 Å². The number of nitrogens with one attached hydrogen (secondary N) is 2. The van der Waals surface area contributed by atoms with E-state index < -0.39 is 0 Å². The Morgan fingerprint density at radius 1 is 1.03 bits per heavy atom. The van der Waals surface area contributed by atoms with Gasteiger partial charge < -0.3 is 19.8 Å². The first-order valence-corrected chi connectivity index (χ1v) is 10.3. The maximum Gasteiger partial charge on any atom is 0.161 e. The lowest BCUT2D eigenvalue weighted by molar-refractivity contribution is 0.287. The van der Waals surface area contributed by atoms with Gasteiger partial charge in [0, 0.05) is 28.5 Å². The monoisotopic (exact) mass is 428 g/mol. The van der Waals surface area contributed by atoms with Crippen LogP contribution in [0.1, 0.15) is 16.0 Å². The van der Waals surface area contributed by atoms with E-state index in [0.29, 0.717) is 6.61 Å². The molecule has 2 aromatic heterocycles. The fourth-order valence-electron chi connectivity index (χ4n) is 3.28. The number of halogens is 1. The molecule has 2 aromatic carbocycles. The van der Waals surface area contributed by atoms with E-state index >= 15 is 0 Å². The molecule has 0 fully saturated rings. The summed E-state index contributed by atoms with van der Waals surface area (Å²) in [5.41, 5.74) is 3.72. The third kappa shape index (κ3) is 5.32. The first-order chi connectivity index (χ1) is 13.8. The van der Waals surface area contributed by atoms with Crippen molar-refractivity contribution >= 4 is 34.6 Å². The number of fused-ring (bicyclic) bond motifs is 1. The Bertz CT molecular complexity index is 1030. The average Bonchev–Trinajstić information content (AvgIpc) is 3.40. The lowest BCUT2D eigenvalue weighted by atomic mass is 10.1. The highest BCUT2D eigenvalue weighted by Crippen LogP contribution is 2.29. The normalized spacial score (nSPS) is 10.7. The maximum atomic E-state index is 5.90. The van der Waals surface area contributed by atoms with Crippen molar-refractivity contribution in [2.45, 2.75) is 19.6 Å². The van der Waals surface area contributed by atoms with E-state index in [1.165, 1.54) is 26.9 Å². The lowest BCUT2D eigenvalue weighted by Gasteiger charge is -2.12. The minimum absolute atomic E-state index is 0. The Labute approximate surface area is 181 Å². The fourth-order valence-corrected chi connectivity index (χ4v) is 3.90. The SMILES string of the molecule is COc1cc(CNCCc2c[nH]c3ccccc23)ccc1OCc1cccs1.Cl. The van der Waals surface area contributed by atoms with E-state index in [1.807, 2.05) is 18.2 Å². The number of thiophene rings is 1. The molecule has 0 saturated heterocycles. The molecule has 0 bridgehead atoms. The van der Waals surface area contributed by atoms with Crippen molar-refractivity contribution in [3.8, 4) is 11.5 Å². The van der Waals surface area contributed by atoms with Crippen LogP contribution in [0.25, 0.3) is 10.9 Å². The van der Waals surface area contributed by atoms with E-state index in [9.17, 15) is 0 Å². The molecule has 0 saturated carbocycles. The van der Waals surface area contributed by atoms with Crippen molar-refractivity contribution in [1.82, 2.24) is 10.3 Å². The summed E-state index contributed by atoms with van der Waals surface area (Å²) in [7, 11) is 1.68. The van der Waals surface area contributed by atoms with Crippen molar-refractivity contribution in [3.05, 3.63) is 82.2 Å². The van der Waals surface area contributed by atoms with Gasteiger partial charge in [0.05, 0.1) is 7.11 Å². The second-order valence-electron chi connectivity index (χ2n) is 6.64. The second-order valence-corrected chi connectivity index (χ2v) is 7.67. The summed E-state index contributed by atoms with van der Waals surface area (Å²) in [6.07, 6.45) is 3.10. The van der Waals surface area contributed by atoms with E-state index in [-0.39, 0.29) is 12.4 Å². The molecule has 2 heterocycles. The second kappa shape index (κ2) is 10.3. The zero-order chi connectivity index (χ0) is 19.2. The maximum absolute atomic E-state index is 5.90. The average molecular weight is 429 g/mol. The van der Waals surface area contributed by atoms with Gasteiger partial charge in [-0.05, 0) is 53.7 Å². The van der Waals surface area contributed by atoms with Crippen molar-refractivity contribution < 1.29 is 9.47 Å². The highest BCUT2D eigenvalue weighted by molar-refractivity contribution is 7.09. The standard InChI is InChI=1S/C23H24N2O2S.ClH/c1-26-23-13-17(8-9-22(23)27-16-19-5-4-12-28-19)14-24-11-10-18-15-25-21-7-3-2-6-20(18)21;/h2-9,12-13,15,24-25H,10-11,14,16H2,1H3;1H. The molecule has 0 unspecified atom stereocenters. The summed E-state index contributed by atoms with van der Waals surface area (Å²) >= 11 is 1.69. The summed E-state index contributed by atoms with van der Waals surface area (Å²) < 4.78 is 11.4. The van der Waals surface area contributed by atoms with Crippen molar-refractivity contribution in [2.24, 2.45) is 0 Å². The molecular formula is C23H25ClN2O2S. The summed E-state index contributed by atoms with van der Waals surface area (Å²) in [5, 5.41) is 6.88. The van der Waals surface area contributed by atoms with E-state index in [1.54, 1.807) is 18.4 Å². The van der Waals surface area contributed by atoms with Gasteiger partial charge in [0.25, 0.3) is 0 Å². The molecule has 0 amide bonds. The van der Waals surface area contributed by atoms with Crippen LogP contribution in [0.4, 0.5) is 0 Å². The highest BCUT2D eigenvalue weighted by atomic mass is 35.5. The molecule has 0 aliphatic rings. The highest BCUT2D eigenvalue weighted by Gasteiger charge is 2.07. The Kier molecular flexibility index (Phi) is 7.58. The first-order valence-electron chi connectivity index (χ1n) is 9.41. The number of para-hydroxylation sites is 1. The molecule has 29 heavy (non-hydrogen) atoms. The number of ether oxygens (including phenoxy) is 2. The third-order valence-electron chi connectivity index (χ3n) is 4.75. The Balaban J connectivity index is 0.00000240. The third-order valence-corrected chi connectivity index (χ3v) is 5.60. The van der Waals surface area contributed by atoms with Crippen LogP contribution in [0, 0.1) is 0 Å². The van der Waals surface area contributed by atoms with Crippen LogP contribution in [0.15, 0.2) is 66.2 Å². The first kappa shape index (κ1) is 21.2. The van der Waals surface area contributed by atoms with Crippen LogP contribution >= 0.6 is 23.7 Å². The number of methoxy groups -OCH3 is 1. The number of rotatable bonds is 9. The van der Waals surface area contributed by atoms with Crippen LogP contribution in [-0.4, -0.2) is 18.6 Å². The van der Waals surface area contributed by atoms with Gasteiger partial charge in [0.2, 0.25) is 0 Å². The van der Waals surface area contributed by atoms with E-state index in [0.717, 1.165) is 31.0 Å². The summed E-state index contributed by atoms with van der Waals surface area (Å²) in [6.45, 7) is 2.28. The van der Waals surface area contributed by atoms with Gasteiger partial charge in [-0.1, -0.05) is 30.3 Å². The molecule has 4 aromatic rings. The molecule has 0 aliphatic carbocycles. The van der Waals surface area contributed by atoms with Crippen LogP contribution in [0.2, 0.25) is 0 Å². The van der Waals surface area contributed by atoms with E-state index in [2.05, 4.69) is 58.3 Å². The quantitative estimate of drug-likeness (QED) is 0.342. The number of H-pyrrole nitrogens is 1. The smallest absolute Gasteiger partial charge is 0.161 e. The van der Waals surface area contributed by atoms with Crippen LogP contribution in [0.5, 0.6) is 11.5 Å². The van der Waals surface area contributed by atoms with Gasteiger partial charge >= 0.3 is 0 Å². The summed E-state index contributed by atoms with van der Waals surface area (Å²) in [5.74, 6) is 1.55. The van der Waals surface area contributed by atoms with Gasteiger partial charge in [-0.15, -0.1) is 23.7 Å². The van der Waals surface area contributed by atoms with Gasteiger partial charge in [-0.25, -0.2) is 0 Å². The van der Waals surface area contributed by atoms with Crippen molar-refractivity contribution in [1.29, 1.82) is 0 Å². The Morgan fingerprint density at radius 2 is 1.93 bits per heavy atom. The predicted octanol–water partition coefficient (Wildman–Crippen LogP) is 5.57. The zero-order valence-corrected chi connectivity index (χ0v) is 17.9. The van der Waals surface area contributed by atoms with Crippen LogP contribution in [-0.2, 0) is 19.6 Å². The summed E-state index contributed by atoms with van der Waals surface area (Å²) in [6, 6.07) is 18.6. The van der Waals surface area contributed by atoms with Crippen molar-refractivity contribution in [3.63, 3.8) is 0 Å². The molecule has 6 heteroatoms. The van der Waals surface area contributed by atoms with Gasteiger partial charge in [-0.2, -0.15) is 0 Å². The van der Waals surface area contributed by atoms with Crippen LogP contribution < -0.4 is 14.8 Å². The minimum atomic E-state index is 0. The number of hydrogen-bond acceptors (Lipinski definition) is 4. The molecule has 0 aliphatic heterocycles. The predicted molar refractivity (Wildman–Crippen MR) is 123 cm³/mol. The lowest BCUT2D eigenvalue weighted by Crippen LogP contribution is -2.16. The molecule has 0 radical (unpaired) electrons. The molecule has 2 N–H and O–H groups in total. The van der Waals surface area contributed by atoms with Gasteiger partial charge in [0.15, 0.2) is 11.5 Å². The fraction of sp³-hybridized carbons (Fsp3) is 0.217. The number of benzene rings is 2. The van der Waals surface area contributed by atoms with Gasteiger partial charge in [0.1, 0.15) is 6.61 Å². The van der Waals surface area contributed by atoms with Crippen molar-refractivity contribution in [2.75, 3.05) is 13.7 Å². The number of aromatic amines is 1. The Hall–Kier alpha value is -2.47. The van der Waals surface area contributed by atoms with Crippen LogP contribution in [0.3, 0.4) is 0 Å². The molecule has 0 atom stereocenters. The number of hydrogen-bond donors (Lipinski definition) is 2. The largest absolute Gasteiger partial charge is 0.493 e. The molecule has 4 rings (SSSR count). The topological polar surface area (TPSA) is 46.3 Å². The molecule has 152 valence electrons.